The Hall–Kier alpha value is -2.38. The van der Waals surface area contributed by atoms with E-state index in [1.165, 1.54) is 6.42 Å². The summed E-state index contributed by atoms with van der Waals surface area (Å²) in [4.78, 5) is 22.5. The summed E-state index contributed by atoms with van der Waals surface area (Å²) >= 11 is 0. The molecule has 1 aliphatic heterocycles. The molecule has 21 heavy (non-hydrogen) atoms. The number of nitrogens with two attached hydrogens (primary N) is 1. The summed E-state index contributed by atoms with van der Waals surface area (Å²) in [5.41, 5.74) is 6.23. The quantitative estimate of drug-likeness (QED) is 0.768. The molecule has 3 heterocycles. The van der Waals surface area contributed by atoms with Crippen molar-refractivity contribution in [3.63, 3.8) is 0 Å². The summed E-state index contributed by atoms with van der Waals surface area (Å²) in [5.74, 6) is 0.763. The molecule has 3 rings (SSSR count). The summed E-state index contributed by atoms with van der Waals surface area (Å²) in [6.07, 6.45) is 4.97. The minimum atomic E-state index is -0.365. The Kier molecular flexibility index (Phi) is 3.59. The maximum absolute atomic E-state index is 12.4. The number of amides is 1. The van der Waals surface area contributed by atoms with Gasteiger partial charge in [0.05, 0.1) is 11.6 Å². The molecule has 2 aromatic heterocycles. The van der Waals surface area contributed by atoms with Crippen LogP contribution < -0.4 is 11.1 Å². The Balaban J connectivity index is 1.77. The van der Waals surface area contributed by atoms with E-state index in [1.807, 2.05) is 11.8 Å². The number of piperidine rings is 1. The highest BCUT2D eigenvalue weighted by molar-refractivity contribution is 5.90. The maximum atomic E-state index is 12.4. The van der Waals surface area contributed by atoms with Gasteiger partial charge in [-0.05, 0) is 26.2 Å². The summed E-state index contributed by atoms with van der Waals surface area (Å²) in [5, 5.41) is 10.5. The summed E-state index contributed by atoms with van der Waals surface area (Å²) in [6.45, 7) is 3.50. The summed E-state index contributed by atoms with van der Waals surface area (Å²) in [7, 11) is 0. The molecule has 1 aliphatic rings. The first-order valence-electron chi connectivity index (χ1n) is 7.17. The second kappa shape index (κ2) is 5.55. The van der Waals surface area contributed by atoms with E-state index < -0.39 is 0 Å². The number of anilines is 2. The van der Waals surface area contributed by atoms with Gasteiger partial charge in [0.25, 0.3) is 0 Å². The van der Waals surface area contributed by atoms with Crippen LogP contribution in [0.1, 0.15) is 26.2 Å². The van der Waals surface area contributed by atoms with Crippen molar-refractivity contribution in [2.24, 2.45) is 0 Å². The van der Waals surface area contributed by atoms with Crippen LogP contribution >= 0.6 is 0 Å². The molecular weight excluding hydrogens is 270 g/mol. The lowest BCUT2D eigenvalue weighted by Crippen LogP contribution is -2.44. The smallest absolute Gasteiger partial charge is 0.244 e. The minimum Gasteiger partial charge on any atom is -0.368 e. The van der Waals surface area contributed by atoms with Crippen molar-refractivity contribution in [1.29, 1.82) is 0 Å². The molecule has 0 spiro atoms. The van der Waals surface area contributed by atoms with Crippen molar-refractivity contribution in [2.75, 3.05) is 24.1 Å². The van der Waals surface area contributed by atoms with Gasteiger partial charge in [0, 0.05) is 13.1 Å². The number of nitrogen functional groups attached to an aromatic ring is 1. The number of nitrogens with one attached hydrogen (secondary N) is 2. The Morgan fingerprint density at radius 2 is 2.14 bits per heavy atom. The number of carbonyl (C=O) groups is 1. The number of H-pyrrole nitrogens is 1. The predicted molar refractivity (Wildman–Crippen MR) is 79.6 cm³/mol. The third-order valence-corrected chi connectivity index (χ3v) is 3.72. The van der Waals surface area contributed by atoms with E-state index in [2.05, 4.69) is 25.5 Å². The van der Waals surface area contributed by atoms with Crippen molar-refractivity contribution in [3.05, 3.63) is 6.20 Å². The Bertz CT molecular complexity index is 647. The molecule has 0 radical (unpaired) electrons. The topological polar surface area (TPSA) is 113 Å². The number of hydrogen-bond acceptors (Lipinski definition) is 6. The average molecular weight is 289 g/mol. The van der Waals surface area contributed by atoms with E-state index in [0.717, 1.165) is 31.3 Å². The van der Waals surface area contributed by atoms with Crippen LogP contribution in [0.4, 0.5) is 11.8 Å². The van der Waals surface area contributed by atoms with Crippen LogP contribution in [0.3, 0.4) is 0 Å². The third kappa shape index (κ3) is 2.74. The van der Waals surface area contributed by atoms with E-state index in [0.29, 0.717) is 11.5 Å². The molecule has 0 bridgehead atoms. The van der Waals surface area contributed by atoms with Gasteiger partial charge in [-0.15, -0.1) is 0 Å². The van der Waals surface area contributed by atoms with Gasteiger partial charge in [0.1, 0.15) is 11.9 Å². The number of aromatic amines is 1. The fraction of sp³-hybridized carbons (Fsp3) is 0.538. The zero-order valence-electron chi connectivity index (χ0n) is 12.0. The lowest BCUT2D eigenvalue weighted by Gasteiger charge is -2.29. The predicted octanol–water partition coefficient (Wildman–Crippen LogP) is 0.748. The van der Waals surface area contributed by atoms with Gasteiger partial charge in [-0.3, -0.25) is 9.89 Å². The second-order valence-electron chi connectivity index (χ2n) is 5.31. The Labute approximate surface area is 122 Å². The number of aromatic nitrogens is 4. The van der Waals surface area contributed by atoms with Crippen LogP contribution in [-0.2, 0) is 4.79 Å². The summed E-state index contributed by atoms with van der Waals surface area (Å²) in [6, 6.07) is -0.365. The highest BCUT2D eigenvalue weighted by atomic mass is 16.2. The lowest BCUT2D eigenvalue weighted by atomic mass is 10.1. The monoisotopic (exact) mass is 289 g/mol. The average Bonchev–Trinajstić information content (AvgIpc) is 2.95. The minimum absolute atomic E-state index is 0.0866. The Morgan fingerprint density at radius 1 is 1.38 bits per heavy atom. The lowest BCUT2D eigenvalue weighted by molar-refractivity contribution is -0.132. The molecule has 112 valence electrons. The van der Waals surface area contributed by atoms with Crippen molar-refractivity contribution < 1.29 is 4.79 Å². The van der Waals surface area contributed by atoms with E-state index in [1.54, 1.807) is 6.20 Å². The molecule has 8 nitrogen and oxygen atoms in total. The Morgan fingerprint density at radius 3 is 2.90 bits per heavy atom. The first-order valence-corrected chi connectivity index (χ1v) is 7.17. The molecule has 0 aromatic carbocycles. The van der Waals surface area contributed by atoms with Crippen LogP contribution in [0.2, 0.25) is 0 Å². The van der Waals surface area contributed by atoms with E-state index >= 15 is 0 Å². The van der Waals surface area contributed by atoms with Crippen LogP contribution in [0.15, 0.2) is 6.20 Å². The van der Waals surface area contributed by atoms with Gasteiger partial charge in [-0.25, -0.2) is 0 Å². The molecule has 2 aromatic rings. The van der Waals surface area contributed by atoms with Crippen molar-refractivity contribution in [1.82, 2.24) is 25.1 Å². The van der Waals surface area contributed by atoms with Crippen molar-refractivity contribution in [2.45, 2.75) is 32.2 Å². The van der Waals surface area contributed by atoms with Crippen LogP contribution in [0.5, 0.6) is 0 Å². The second-order valence-corrected chi connectivity index (χ2v) is 5.31. The normalized spacial score (nSPS) is 16.9. The van der Waals surface area contributed by atoms with Crippen LogP contribution in [-0.4, -0.2) is 50.1 Å². The molecule has 1 atom stereocenters. The molecular formula is C13H19N7O. The SMILES string of the molecule is CC(Nc1nc(N)nc2[nH]ncc12)C(=O)N1CCCCC1. The number of likely N-dealkylation sites (tertiary alicyclic amines) is 1. The third-order valence-electron chi connectivity index (χ3n) is 3.72. The number of fused-ring (bicyclic) bond motifs is 1. The molecule has 1 fully saturated rings. The standard InChI is InChI=1S/C13H19N7O/c1-8(12(21)20-5-3-2-4-6-20)16-10-9-7-15-19-11(9)18-13(14)17-10/h7-8H,2-6H2,1H3,(H4,14,15,16,17,18,19). The highest BCUT2D eigenvalue weighted by Crippen LogP contribution is 2.20. The van der Waals surface area contributed by atoms with Gasteiger partial charge < -0.3 is 16.0 Å². The van der Waals surface area contributed by atoms with E-state index in [-0.39, 0.29) is 17.9 Å². The van der Waals surface area contributed by atoms with E-state index in [9.17, 15) is 4.79 Å². The molecule has 1 unspecified atom stereocenters. The maximum Gasteiger partial charge on any atom is 0.244 e. The molecule has 4 N–H and O–H groups in total. The molecule has 1 amide bonds. The van der Waals surface area contributed by atoms with Gasteiger partial charge in [-0.1, -0.05) is 0 Å². The molecule has 0 aliphatic carbocycles. The largest absolute Gasteiger partial charge is 0.368 e. The van der Waals surface area contributed by atoms with Gasteiger partial charge >= 0.3 is 0 Å². The number of rotatable bonds is 3. The molecule has 0 saturated carbocycles. The van der Waals surface area contributed by atoms with Crippen molar-refractivity contribution >= 4 is 28.7 Å². The first-order chi connectivity index (χ1) is 10.1. The number of nitrogens with zero attached hydrogens (tertiary/aromatic N) is 4. The van der Waals surface area contributed by atoms with E-state index in [4.69, 9.17) is 5.73 Å². The molecule has 1 saturated heterocycles. The van der Waals surface area contributed by atoms with Gasteiger partial charge in [0.2, 0.25) is 11.9 Å². The molecule has 8 heteroatoms. The number of hydrogen-bond donors (Lipinski definition) is 3. The zero-order chi connectivity index (χ0) is 14.8. The number of carbonyl (C=O) groups excluding carboxylic acids is 1. The van der Waals surface area contributed by atoms with Gasteiger partial charge in [0.15, 0.2) is 5.65 Å². The van der Waals surface area contributed by atoms with Crippen LogP contribution in [0, 0.1) is 0 Å². The zero-order valence-corrected chi connectivity index (χ0v) is 12.0. The fourth-order valence-corrected chi connectivity index (χ4v) is 2.62. The highest BCUT2D eigenvalue weighted by Gasteiger charge is 2.23. The first kappa shape index (κ1) is 13.6. The van der Waals surface area contributed by atoms with Crippen molar-refractivity contribution in [3.8, 4) is 0 Å². The van der Waals surface area contributed by atoms with Gasteiger partial charge in [-0.2, -0.15) is 15.1 Å². The fourth-order valence-electron chi connectivity index (χ4n) is 2.62. The summed E-state index contributed by atoms with van der Waals surface area (Å²) < 4.78 is 0. The van der Waals surface area contributed by atoms with Crippen LogP contribution in [0.25, 0.3) is 11.0 Å².